The Morgan fingerprint density at radius 3 is 0.929 bits per heavy atom. The molecular weight excluding hydrogens is 697 g/mol. The minimum Gasteiger partial charge on any atom is -0.462 e. The molecule has 2 atom stereocenters. The molecule has 0 fully saturated rings. The van der Waals surface area contributed by atoms with E-state index >= 15 is 0 Å². The summed E-state index contributed by atoms with van der Waals surface area (Å²) in [6, 6.07) is 0. The quantitative estimate of drug-likeness (QED) is 0.0347. The molecule has 0 rings (SSSR count). The smallest absolute Gasteiger partial charge is 0.306 e. The molecule has 0 radical (unpaired) electrons. The average Bonchev–Trinajstić information content (AvgIpc) is 3.19. The van der Waals surface area contributed by atoms with Crippen LogP contribution in [0.5, 0.6) is 0 Å². The molecule has 0 N–H and O–H groups in total. The van der Waals surface area contributed by atoms with Gasteiger partial charge in [0.15, 0.2) is 6.10 Å². The van der Waals surface area contributed by atoms with E-state index in [4.69, 9.17) is 14.2 Å². The van der Waals surface area contributed by atoms with Crippen LogP contribution >= 0.6 is 0 Å². The Hall–Kier alpha value is -1.59. The lowest BCUT2D eigenvalue weighted by Gasteiger charge is -2.18. The van der Waals surface area contributed by atoms with Gasteiger partial charge in [0, 0.05) is 19.3 Å². The summed E-state index contributed by atoms with van der Waals surface area (Å²) in [7, 11) is 0. The zero-order valence-electron chi connectivity index (χ0n) is 38.1. The molecule has 0 aromatic carbocycles. The molecule has 0 aliphatic rings. The maximum atomic E-state index is 12.8. The lowest BCUT2D eigenvalue weighted by Crippen LogP contribution is -2.30. The molecule has 0 aliphatic carbocycles. The number of esters is 3. The van der Waals surface area contributed by atoms with Gasteiger partial charge in [0.05, 0.1) is 0 Å². The molecule has 0 spiro atoms. The first kappa shape index (κ1) is 54.4. The highest BCUT2D eigenvalue weighted by atomic mass is 16.6. The summed E-state index contributed by atoms with van der Waals surface area (Å²) in [5, 5.41) is 0. The lowest BCUT2D eigenvalue weighted by atomic mass is 10.00. The predicted molar refractivity (Wildman–Crippen MR) is 238 cm³/mol. The summed E-state index contributed by atoms with van der Waals surface area (Å²) >= 11 is 0. The Labute approximate surface area is 348 Å². The molecule has 0 aliphatic heterocycles. The summed E-state index contributed by atoms with van der Waals surface area (Å²) in [6.45, 7) is 8.99. The molecule has 0 heterocycles. The normalized spacial score (nSPS) is 12.4. The summed E-state index contributed by atoms with van der Waals surface area (Å²) in [5.74, 6) is -0.0356. The van der Waals surface area contributed by atoms with Gasteiger partial charge in [0.1, 0.15) is 13.2 Å². The van der Waals surface area contributed by atoms with Crippen LogP contribution in [0.1, 0.15) is 278 Å². The zero-order valence-corrected chi connectivity index (χ0v) is 38.1. The predicted octanol–water partition coefficient (Wildman–Crippen LogP) is 15.9. The first-order valence-electron chi connectivity index (χ1n) is 24.9. The molecule has 332 valence electrons. The number of carbonyl (C=O) groups is 3. The Kier molecular flexibility index (Phi) is 43.2. The molecule has 0 amide bonds. The highest BCUT2D eigenvalue weighted by Crippen LogP contribution is 2.17. The van der Waals surface area contributed by atoms with E-state index in [-0.39, 0.29) is 31.1 Å². The molecule has 0 aromatic heterocycles. The van der Waals surface area contributed by atoms with Gasteiger partial charge in [-0.15, -0.1) is 0 Å². The average molecular weight is 793 g/mol. The third kappa shape index (κ3) is 42.0. The minimum atomic E-state index is -0.760. The van der Waals surface area contributed by atoms with Crippen LogP contribution in [0.15, 0.2) is 0 Å². The number of rotatable bonds is 45. The summed E-state index contributed by atoms with van der Waals surface area (Å²) in [4.78, 5) is 37.8. The number of hydrogen-bond donors (Lipinski definition) is 0. The second kappa shape index (κ2) is 44.5. The standard InChI is InChI=1S/C50H96O6/c1-5-8-10-12-14-16-18-20-21-23-25-27-29-35-39-43-50(53)56-47(45-55-49(52)42-38-34-31-30-32-36-40-46(4)7-3)44-54-48(51)41-37-33-28-26-24-22-19-17-15-13-11-9-6-2/h46-47H,5-45H2,1-4H3/t46?,47-/m1/s1. The Morgan fingerprint density at radius 1 is 0.357 bits per heavy atom. The summed E-state index contributed by atoms with van der Waals surface area (Å²) in [6.07, 6.45) is 45.1. The van der Waals surface area contributed by atoms with Crippen LogP contribution in [0.2, 0.25) is 0 Å². The van der Waals surface area contributed by atoms with Crippen molar-refractivity contribution in [1.82, 2.24) is 0 Å². The van der Waals surface area contributed by atoms with E-state index in [9.17, 15) is 14.4 Å². The van der Waals surface area contributed by atoms with Gasteiger partial charge in [-0.3, -0.25) is 14.4 Å². The molecule has 0 bridgehead atoms. The van der Waals surface area contributed by atoms with E-state index in [2.05, 4.69) is 27.7 Å². The van der Waals surface area contributed by atoms with Crippen LogP contribution in [0.3, 0.4) is 0 Å². The van der Waals surface area contributed by atoms with Crippen LogP contribution in [0.4, 0.5) is 0 Å². The first-order chi connectivity index (χ1) is 27.4. The highest BCUT2D eigenvalue weighted by molar-refractivity contribution is 5.71. The fourth-order valence-corrected chi connectivity index (χ4v) is 7.48. The molecule has 0 saturated carbocycles. The molecule has 56 heavy (non-hydrogen) atoms. The largest absolute Gasteiger partial charge is 0.462 e. The van der Waals surface area contributed by atoms with Crippen molar-refractivity contribution in [1.29, 1.82) is 0 Å². The van der Waals surface area contributed by atoms with Crippen molar-refractivity contribution in [2.24, 2.45) is 5.92 Å². The zero-order chi connectivity index (χ0) is 41.0. The van der Waals surface area contributed by atoms with Crippen LogP contribution < -0.4 is 0 Å². The first-order valence-corrected chi connectivity index (χ1v) is 24.9. The molecular formula is C50H96O6. The van der Waals surface area contributed by atoms with Crippen molar-refractivity contribution in [3.63, 3.8) is 0 Å². The van der Waals surface area contributed by atoms with Crippen LogP contribution in [-0.2, 0) is 28.6 Å². The third-order valence-corrected chi connectivity index (χ3v) is 11.7. The van der Waals surface area contributed by atoms with Crippen LogP contribution in [0.25, 0.3) is 0 Å². The monoisotopic (exact) mass is 793 g/mol. The van der Waals surface area contributed by atoms with E-state index in [1.165, 1.54) is 173 Å². The molecule has 6 heteroatoms. The number of carbonyl (C=O) groups excluding carboxylic acids is 3. The molecule has 1 unspecified atom stereocenters. The van der Waals surface area contributed by atoms with Gasteiger partial charge in [-0.2, -0.15) is 0 Å². The van der Waals surface area contributed by atoms with Gasteiger partial charge in [-0.25, -0.2) is 0 Å². The maximum Gasteiger partial charge on any atom is 0.306 e. The van der Waals surface area contributed by atoms with Gasteiger partial charge < -0.3 is 14.2 Å². The fourth-order valence-electron chi connectivity index (χ4n) is 7.48. The minimum absolute atomic E-state index is 0.0637. The topological polar surface area (TPSA) is 78.9 Å². The van der Waals surface area contributed by atoms with Gasteiger partial charge in [-0.1, -0.05) is 240 Å². The summed E-state index contributed by atoms with van der Waals surface area (Å²) < 4.78 is 16.8. The van der Waals surface area contributed by atoms with Crippen molar-refractivity contribution in [3.8, 4) is 0 Å². The number of hydrogen-bond acceptors (Lipinski definition) is 6. The van der Waals surface area contributed by atoms with Crippen molar-refractivity contribution in [3.05, 3.63) is 0 Å². The lowest BCUT2D eigenvalue weighted by molar-refractivity contribution is -0.167. The van der Waals surface area contributed by atoms with Crippen molar-refractivity contribution < 1.29 is 28.6 Å². The van der Waals surface area contributed by atoms with E-state index < -0.39 is 6.10 Å². The number of unbranched alkanes of at least 4 members (excludes halogenated alkanes) is 31. The molecule has 0 saturated heterocycles. The maximum absolute atomic E-state index is 12.8. The van der Waals surface area contributed by atoms with Crippen molar-refractivity contribution in [2.45, 2.75) is 284 Å². The van der Waals surface area contributed by atoms with Crippen LogP contribution in [-0.4, -0.2) is 37.2 Å². The van der Waals surface area contributed by atoms with E-state index in [1.54, 1.807) is 0 Å². The Bertz CT molecular complexity index is 843. The second-order valence-corrected chi connectivity index (χ2v) is 17.3. The molecule has 0 aromatic rings. The van der Waals surface area contributed by atoms with E-state index in [1.807, 2.05) is 0 Å². The van der Waals surface area contributed by atoms with E-state index in [0.29, 0.717) is 19.3 Å². The molecule has 6 nitrogen and oxygen atoms in total. The Morgan fingerprint density at radius 2 is 0.625 bits per heavy atom. The van der Waals surface area contributed by atoms with E-state index in [0.717, 1.165) is 63.7 Å². The summed E-state index contributed by atoms with van der Waals surface area (Å²) in [5.41, 5.74) is 0. The fraction of sp³-hybridized carbons (Fsp3) is 0.940. The van der Waals surface area contributed by atoms with Gasteiger partial charge >= 0.3 is 17.9 Å². The number of ether oxygens (including phenoxy) is 3. The SMILES string of the molecule is CCCCCCCCCCCCCCCCCC(=O)O[C@H](COC(=O)CCCCCCCCCCCCCCC)COC(=O)CCCCCCCCC(C)CC. The third-order valence-electron chi connectivity index (χ3n) is 11.7. The van der Waals surface area contributed by atoms with Crippen LogP contribution in [0, 0.1) is 5.92 Å². The second-order valence-electron chi connectivity index (χ2n) is 17.3. The van der Waals surface area contributed by atoms with Gasteiger partial charge in [0.25, 0.3) is 0 Å². The van der Waals surface area contributed by atoms with Crippen molar-refractivity contribution in [2.75, 3.05) is 13.2 Å². The van der Waals surface area contributed by atoms with Gasteiger partial charge in [-0.05, 0) is 25.2 Å². The van der Waals surface area contributed by atoms with Crippen molar-refractivity contribution >= 4 is 17.9 Å². The Balaban J connectivity index is 4.31. The van der Waals surface area contributed by atoms with Gasteiger partial charge in [0.2, 0.25) is 0 Å². The highest BCUT2D eigenvalue weighted by Gasteiger charge is 2.19.